The summed E-state index contributed by atoms with van der Waals surface area (Å²) in [6.07, 6.45) is 3.02. The number of rotatable bonds is 16. The monoisotopic (exact) mass is 528 g/mol. The van der Waals surface area contributed by atoms with E-state index in [2.05, 4.69) is 15.9 Å². The number of carbonyl (C=O) groups excluding carboxylic acids is 1. The quantitative estimate of drug-likeness (QED) is 0.143. The first-order valence-electron chi connectivity index (χ1n) is 11.2. The van der Waals surface area contributed by atoms with Gasteiger partial charge >= 0.3 is 11.7 Å². The Morgan fingerprint density at radius 2 is 1.79 bits per heavy atom. The highest BCUT2D eigenvalue weighted by molar-refractivity contribution is 9.09. The number of esters is 1. The highest BCUT2D eigenvalue weighted by Crippen LogP contribution is 2.18. The van der Waals surface area contributed by atoms with Gasteiger partial charge in [0.2, 0.25) is 0 Å². The molecule has 0 aliphatic carbocycles. The fourth-order valence-corrected chi connectivity index (χ4v) is 3.75. The molecule has 0 saturated carbocycles. The van der Waals surface area contributed by atoms with E-state index < -0.39 is 0 Å². The van der Waals surface area contributed by atoms with Gasteiger partial charge in [0.05, 0.1) is 30.7 Å². The van der Waals surface area contributed by atoms with E-state index in [1.165, 1.54) is 4.57 Å². The van der Waals surface area contributed by atoms with Crippen molar-refractivity contribution in [3.8, 4) is 5.75 Å². The lowest BCUT2D eigenvalue weighted by molar-refractivity contribution is -0.143. The lowest BCUT2D eigenvalue weighted by Gasteiger charge is -2.15. The molecule has 0 amide bonds. The van der Waals surface area contributed by atoms with Gasteiger partial charge in [-0.2, -0.15) is 0 Å². The summed E-state index contributed by atoms with van der Waals surface area (Å²) in [5.41, 5.74) is -0.126. The molecule has 1 heterocycles. The zero-order valence-corrected chi connectivity index (χ0v) is 20.9. The summed E-state index contributed by atoms with van der Waals surface area (Å²) in [6, 6.07) is 5.11. The van der Waals surface area contributed by atoms with E-state index >= 15 is 0 Å². The predicted octanol–water partition coefficient (Wildman–Crippen LogP) is 3.07. The van der Waals surface area contributed by atoms with E-state index in [0.29, 0.717) is 55.9 Å². The van der Waals surface area contributed by atoms with E-state index in [4.69, 9.17) is 18.9 Å². The molecule has 0 spiro atoms. The number of hydrogen-bond acceptors (Lipinski definition) is 7. The first-order chi connectivity index (χ1) is 16.0. The van der Waals surface area contributed by atoms with Crippen molar-refractivity contribution in [1.82, 2.24) is 9.13 Å². The summed E-state index contributed by atoms with van der Waals surface area (Å²) >= 11 is 3.41. The fourth-order valence-electron chi connectivity index (χ4n) is 3.35. The maximum atomic E-state index is 13.2. The third-order valence-corrected chi connectivity index (χ3v) is 5.58. The second-order valence-electron chi connectivity index (χ2n) is 7.39. The topological polar surface area (TPSA) is 98.0 Å². The van der Waals surface area contributed by atoms with Crippen molar-refractivity contribution < 1.29 is 23.7 Å². The molecule has 33 heavy (non-hydrogen) atoms. The Hall–Kier alpha value is -2.17. The average molecular weight is 529 g/mol. The van der Waals surface area contributed by atoms with E-state index in [0.717, 1.165) is 18.2 Å². The molecule has 1 aromatic carbocycles. The molecule has 0 aliphatic rings. The number of halogens is 1. The summed E-state index contributed by atoms with van der Waals surface area (Å²) in [7, 11) is 1.59. The van der Waals surface area contributed by atoms with Crippen molar-refractivity contribution in [3.05, 3.63) is 39.0 Å². The predicted molar refractivity (Wildman–Crippen MR) is 129 cm³/mol. The van der Waals surface area contributed by atoms with Gasteiger partial charge in [-0.05, 0) is 50.8 Å². The van der Waals surface area contributed by atoms with E-state index in [1.54, 1.807) is 36.8 Å². The van der Waals surface area contributed by atoms with E-state index in [9.17, 15) is 14.4 Å². The summed E-state index contributed by atoms with van der Waals surface area (Å²) in [5, 5.41) is 1.25. The van der Waals surface area contributed by atoms with E-state index in [-0.39, 0.29) is 37.0 Å². The standard InChI is InChI=1S/C23H33BrN2O7/c1-3-32-21(27)8-4-6-13-26-22(28)19-16-18(33-17-31-15-14-30-2)9-10-20(19)25(23(26)29)12-7-5-11-24/h9-10,16H,3-8,11-15,17H2,1-2H3. The van der Waals surface area contributed by atoms with Crippen LogP contribution in [0.1, 0.15) is 39.0 Å². The van der Waals surface area contributed by atoms with Gasteiger partial charge in [-0.25, -0.2) is 4.79 Å². The molecule has 2 rings (SSSR count). The van der Waals surface area contributed by atoms with Crippen LogP contribution in [0.4, 0.5) is 0 Å². The molecule has 0 fully saturated rings. The van der Waals surface area contributed by atoms with Gasteiger partial charge in [-0.3, -0.25) is 18.7 Å². The molecule has 0 unspecified atom stereocenters. The Bertz CT molecular complexity index is 1000. The lowest BCUT2D eigenvalue weighted by Crippen LogP contribution is -2.40. The second-order valence-corrected chi connectivity index (χ2v) is 8.18. The number of benzene rings is 1. The summed E-state index contributed by atoms with van der Waals surface area (Å²) in [6.45, 7) is 3.72. The molecule has 0 N–H and O–H groups in total. The van der Waals surface area contributed by atoms with Crippen molar-refractivity contribution in [2.24, 2.45) is 0 Å². The normalized spacial score (nSPS) is 11.1. The minimum atomic E-state index is -0.367. The number of alkyl halides is 1. The third-order valence-electron chi connectivity index (χ3n) is 5.02. The summed E-state index contributed by atoms with van der Waals surface area (Å²) < 4.78 is 23.7. The van der Waals surface area contributed by atoms with Crippen molar-refractivity contribution in [3.63, 3.8) is 0 Å². The number of ether oxygens (including phenoxy) is 4. The van der Waals surface area contributed by atoms with Gasteiger partial charge < -0.3 is 18.9 Å². The molecule has 1 aromatic heterocycles. The number of fused-ring (bicyclic) bond motifs is 1. The van der Waals surface area contributed by atoms with Gasteiger partial charge in [0.1, 0.15) is 5.75 Å². The fraction of sp³-hybridized carbons (Fsp3) is 0.609. The van der Waals surface area contributed by atoms with Crippen LogP contribution in [-0.2, 0) is 32.1 Å². The van der Waals surface area contributed by atoms with Crippen LogP contribution in [0, 0.1) is 0 Å². The van der Waals surface area contributed by atoms with Gasteiger partial charge in [0.15, 0.2) is 6.79 Å². The van der Waals surface area contributed by atoms with Crippen molar-refractivity contribution in [2.75, 3.05) is 39.1 Å². The molecule has 0 saturated heterocycles. The maximum Gasteiger partial charge on any atom is 0.331 e. The molecule has 0 aliphatic heterocycles. The van der Waals surface area contributed by atoms with Gasteiger partial charge in [0.25, 0.3) is 5.56 Å². The van der Waals surface area contributed by atoms with Crippen LogP contribution < -0.4 is 16.0 Å². The zero-order chi connectivity index (χ0) is 24.1. The van der Waals surface area contributed by atoms with Crippen LogP contribution in [0.3, 0.4) is 0 Å². The molecular weight excluding hydrogens is 496 g/mol. The van der Waals surface area contributed by atoms with Crippen molar-refractivity contribution in [1.29, 1.82) is 0 Å². The molecule has 0 radical (unpaired) electrons. The number of hydrogen-bond donors (Lipinski definition) is 0. The average Bonchev–Trinajstić information content (AvgIpc) is 2.81. The summed E-state index contributed by atoms with van der Waals surface area (Å²) in [4.78, 5) is 37.9. The smallest absolute Gasteiger partial charge is 0.331 e. The third kappa shape index (κ3) is 8.28. The zero-order valence-electron chi connectivity index (χ0n) is 19.3. The first kappa shape index (κ1) is 27.1. The van der Waals surface area contributed by atoms with Crippen LogP contribution in [-0.4, -0.2) is 54.2 Å². The van der Waals surface area contributed by atoms with Crippen molar-refractivity contribution >= 4 is 32.8 Å². The van der Waals surface area contributed by atoms with Crippen LogP contribution in [0.25, 0.3) is 10.9 Å². The maximum absolute atomic E-state index is 13.2. The minimum absolute atomic E-state index is 0.0296. The Kier molecular flexibility index (Phi) is 12.2. The molecule has 0 atom stereocenters. The Morgan fingerprint density at radius 3 is 2.52 bits per heavy atom. The highest BCUT2D eigenvalue weighted by atomic mass is 79.9. The van der Waals surface area contributed by atoms with Gasteiger partial charge in [0, 0.05) is 32.0 Å². The Balaban J connectivity index is 2.27. The van der Waals surface area contributed by atoms with Crippen LogP contribution in [0.15, 0.2) is 27.8 Å². The van der Waals surface area contributed by atoms with Crippen LogP contribution in [0.5, 0.6) is 5.75 Å². The summed E-state index contributed by atoms with van der Waals surface area (Å²) in [5.74, 6) is 0.210. The lowest BCUT2D eigenvalue weighted by atomic mass is 10.2. The molecule has 2 aromatic rings. The number of methoxy groups -OCH3 is 1. The van der Waals surface area contributed by atoms with Crippen LogP contribution >= 0.6 is 15.9 Å². The molecule has 0 bridgehead atoms. The molecular formula is C23H33BrN2O7. The molecule has 9 nitrogen and oxygen atoms in total. The van der Waals surface area contributed by atoms with Gasteiger partial charge in [-0.1, -0.05) is 15.9 Å². The number of nitrogens with zero attached hydrogens (tertiary/aromatic N) is 2. The minimum Gasteiger partial charge on any atom is -0.468 e. The van der Waals surface area contributed by atoms with Crippen LogP contribution in [0.2, 0.25) is 0 Å². The number of aromatic nitrogens is 2. The van der Waals surface area contributed by atoms with E-state index in [1.807, 2.05) is 0 Å². The number of unbranched alkanes of at least 4 members (excludes halogenated alkanes) is 2. The molecule has 10 heteroatoms. The second kappa shape index (κ2) is 14.9. The number of carbonyl (C=O) groups is 1. The number of aryl methyl sites for hydroxylation is 1. The van der Waals surface area contributed by atoms with Crippen molar-refractivity contribution in [2.45, 2.75) is 52.1 Å². The Labute approximate surface area is 201 Å². The highest BCUT2D eigenvalue weighted by Gasteiger charge is 2.14. The SMILES string of the molecule is CCOC(=O)CCCCn1c(=O)c2cc(OCOCCOC)ccc2n(CCCCBr)c1=O. The van der Waals surface area contributed by atoms with Gasteiger partial charge in [-0.15, -0.1) is 0 Å². The Morgan fingerprint density at radius 1 is 1.03 bits per heavy atom. The first-order valence-corrected chi connectivity index (χ1v) is 12.3. The molecule has 184 valence electrons. The largest absolute Gasteiger partial charge is 0.468 e.